The third-order valence-electron chi connectivity index (χ3n) is 3.75. The monoisotopic (exact) mass is 481 g/mol. The Hall–Kier alpha value is -2.76. The number of rotatable bonds is 6. The molecule has 1 aromatic carbocycles. The Morgan fingerprint density at radius 3 is 2.93 bits per heavy atom. The summed E-state index contributed by atoms with van der Waals surface area (Å²) in [4.78, 5) is 40.1. The van der Waals surface area contributed by atoms with Gasteiger partial charge in [0.15, 0.2) is 12.3 Å². The van der Waals surface area contributed by atoms with Crippen LogP contribution in [-0.2, 0) is 27.9 Å². The highest BCUT2D eigenvalue weighted by molar-refractivity contribution is 14.1. The summed E-state index contributed by atoms with van der Waals surface area (Å²) in [6.07, 6.45) is 2.75. The molecule has 9 nitrogen and oxygen atoms in total. The van der Waals surface area contributed by atoms with Crippen LogP contribution in [-0.4, -0.2) is 37.8 Å². The van der Waals surface area contributed by atoms with Crippen molar-refractivity contribution in [1.29, 1.82) is 0 Å². The Labute approximate surface area is 167 Å². The average molecular weight is 481 g/mol. The van der Waals surface area contributed by atoms with Gasteiger partial charge in [-0.2, -0.15) is 5.10 Å². The molecule has 0 spiro atoms. The number of aryl methyl sites for hydroxylation is 2. The van der Waals surface area contributed by atoms with Gasteiger partial charge in [-0.25, -0.2) is 4.98 Å². The molecule has 0 atom stereocenters. The van der Waals surface area contributed by atoms with E-state index in [9.17, 15) is 14.4 Å². The Bertz CT molecular complexity index is 1060. The summed E-state index contributed by atoms with van der Waals surface area (Å²) in [6, 6.07) is 7.26. The van der Waals surface area contributed by atoms with Gasteiger partial charge in [-0.05, 0) is 40.8 Å². The molecule has 0 fully saturated rings. The smallest absolute Gasteiger partial charge is 0.308 e. The van der Waals surface area contributed by atoms with Gasteiger partial charge < -0.3 is 10.1 Å². The van der Waals surface area contributed by atoms with Gasteiger partial charge in [0.25, 0.3) is 11.5 Å². The Morgan fingerprint density at radius 1 is 1.33 bits per heavy atom. The summed E-state index contributed by atoms with van der Waals surface area (Å²) in [5.74, 6) is -1.01. The van der Waals surface area contributed by atoms with E-state index < -0.39 is 11.9 Å². The number of hydrogen-bond donors (Lipinski definition) is 1. The minimum atomic E-state index is -0.578. The molecule has 0 saturated heterocycles. The van der Waals surface area contributed by atoms with Crippen molar-refractivity contribution in [2.24, 2.45) is 7.05 Å². The molecule has 0 aliphatic heterocycles. The molecule has 2 heterocycles. The van der Waals surface area contributed by atoms with Gasteiger partial charge in [0.2, 0.25) is 0 Å². The van der Waals surface area contributed by atoms with Crippen LogP contribution in [0.2, 0.25) is 0 Å². The number of nitrogens with one attached hydrogen (secondary N) is 1. The van der Waals surface area contributed by atoms with Crippen molar-refractivity contribution in [3.8, 4) is 0 Å². The second-order valence-electron chi connectivity index (χ2n) is 5.72. The standard InChI is InChI=1S/C17H16IN5O4/c1-22-16-13(8-20-22)17(26)23(10-19-16)6-5-15(25)27-9-14(24)21-12-4-2-3-11(18)7-12/h2-4,7-8,10H,5-6,9H2,1H3,(H,21,24). The summed E-state index contributed by atoms with van der Waals surface area (Å²) in [7, 11) is 1.69. The molecular weight excluding hydrogens is 465 g/mol. The van der Waals surface area contributed by atoms with Crippen LogP contribution in [0.25, 0.3) is 11.0 Å². The minimum Gasteiger partial charge on any atom is -0.456 e. The highest BCUT2D eigenvalue weighted by Gasteiger charge is 2.11. The second kappa shape index (κ2) is 8.29. The van der Waals surface area contributed by atoms with Crippen LogP contribution < -0.4 is 10.9 Å². The summed E-state index contributed by atoms with van der Waals surface area (Å²) in [6.45, 7) is -0.285. The van der Waals surface area contributed by atoms with Gasteiger partial charge in [-0.1, -0.05) is 6.07 Å². The topological polar surface area (TPSA) is 108 Å². The molecule has 0 aliphatic rings. The number of nitrogens with zero attached hydrogens (tertiary/aromatic N) is 4. The summed E-state index contributed by atoms with van der Waals surface area (Å²) >= 11 is 2.13. The molecule has 1 amide bonds. The van der Waals surface area contributed by atoms with E-state index in [2.05, 4.69) is 38.0 Å². The number of halogens is 1. The molecule has 2 aromatic heterocycles. The Kier molecular flexibility index (Phi) is 5.84. The lowest BCUT2D eigenvalue weighted by atomic mass is 10.3. The first-order chi connectivity index (χ1) is 12.9. The van der Waals surface area contributed by atoms with Crippen molar-refractivity contribution >= 4 is 51.2 Å². The highest BCUT2D eigenvalue weighted by atomic mass is 127. The number of ether oxygens (including phenoxy) is 1. The van der Waals surface area contributed by atoms with Crippen molar-refractivity contribution in [3.05, 3.63) is 50.7 Å². The molecule has 1 N–H and O–H groups in total. The van der Waals surface area contributed by atoms with Gasteiger partial charge in [0.1, 0.15) is 5.39 Å². The largest absolute Gasteiger partial charge is 0.456 e. The first-order valence-corrected chi connectivity index (χ1v) is 9.10. The van der Waals surface area contributed by atoms with E-state index in [-0.39, 0.29) is 25.1 Å². The molecule has 27 heavy (non-hydrogen) atoms. The second-order valence-corrected chi connectivity index (χ2v) is 6.96. The number of fused-ring (bicyclic) bond motifs is 1. The summed E-state index contributed by atoms with van der Waals surface area (Å²) in [5, 5.41) is 7.01. The molecule has 0 aliphatic carbocycles. The predicted octanol–water partition coefficient (Wildman–Crippen LogP) is 1.31. The van der Waals surface area contributed by atoms with Crippen LogP contribution in [0.4, 0.5) is 5.69 Å². The van der Waals surface area contributed by atoms with E-state index in [4.69, 9.17) is 4.74 Å². The predicted molar refractivity (Wildman–Crippen MR) is 106 cm³/mol. The number of benzene rings is 1. The quantitative estimate of drug-likeness (QED) is 0.420. The normalized spacial score (nSPS) is 10.7. The van der Waals surface area contributed by atoms with Gasteiger partial charge in [0.05, 0.1) is 18.9 Å². The fraction of sp³-hybridized carbons (Fsp3) is 0.235. The maximum Gasteiger partial charge on any atom is 0.308 e. The van der Waals surface area contributed by atoms with Crippen molar-refractivity contribution in [2.75, 3.05) is 11.9 Å². The first-order valence-electron chi connectivity index (χ1n) is 8.02. The summed E-state index contributed by atoms with van der Waals surface area (Å²) < 4.78 is 8.75. The summed E-state index contributed by atoms with van der Waals surface area (Å²) in [5.41, 5.74) is 0.828. The van der Waals surface area contributed by atoms with E-state index in [0.29, 0.717) is 16.7 Å². The zero-order valence-electron chi connectivity index (χ0n) is 14.4. The van der Waals surface area contributed by atoms with Crippen LogP contribution >= 0.6 is 22.6 Å². The van der Waals surface area contributed by atoms with Crippen molar-refractivity contribution in [2.45, 2.75) is 13.0 Å². The number of carbonyl (C=O) groups excluding carboxylic acids is 2. The molecule has 10 heteroatoms. The van der Waals surface area contributed by atoms with Gasteiger partial charge in [0, 0.05) is 22.8 Å². The number of hydrogen-bond acceptors (Lipinski definition) is 6. The van der Waals surface area contributed by atoms with Crippen LogP contribution in [0, 0.1) is 3.57 Å². The molecule has 3 aromatic rings. The lowest BCUT2D eigenvalue weighted by Crippen LogP contribution is -2.24. The van der Waals surface area contributed by atoms with Crippen molar-refractivity contribution < 1.29 is 14.3 Å². The van der Waals surface area contributed by atoms with Crippen molar-refractivity contribution in [3.63, 3.8) is 0 Å². The van der Waals surface area contributed by atoms with Gasteiger partial charge >= 0.3 is 5.97 Å². The molecule has 0 unspecified atom stereocenters. The zero-order chi connectivity index (χ0) is 19.4. The number of amides is 1. The third kappa shape index (κ3) is 4.70. The number of aromatic nitrogens is 4. The molecule has 0 saturated carbocycles. The van der Waals surface area contributed by atoms with Crippen LogP contribution in [0.1, 0.15) is 6.42 Å². The average Bonchev–Trinajstić information content (AvgIpc) is 3.01. The SMILES string of the molecule is Cn1ncc2c(=O)n(CCC(=O)OCC(=O)Nc3cccc(I)c3)cnc21. The lowest BCUT2D eigenvalue weighted by Gasteiger charge is -2.08. The molecule has 0 bridgehead atoms. The number of esters is 1. The maximum atomic E-state index is 12.3. The van der Waals surface area contributed by atoms with Crippen LogP contribution in [0.15, 0.2) is 41.6 Å². The fourth-order valence-corrected chi connectivity index (χ4v) is 2.96. The van der Waals surface area contributed by atoms with E-state index in [1.807, 2.05) is 12.1 Å². The van der Waals surface area contributed by atoms with Crippen molar-refractivity contribution in [1.82, 2.24) is 19.3 Å². The van der Waals surface area contributed by atoms with E-state index in [1.165, 1.54) is 21.8 Å². The third-order valence-corrected chi connectivity index (χ3v) is 4.42. The van der Waals surface area contributed by atoms with Gasteiger partial charge in [-0.15, -0.1) is 0 Å². The van der Waals surface area contributed by atoms with Crippen LogP contribution in [0.5, 0.6) is 0 Å². The maximum absolute atomic E-state index is 12.3. The fourth-order valence-electron chi connectivity index (χ4n) is 2.42. The molecule has 0 radical (unpaired) electrons. The van der Waals surface area contributed by atoms with E-state index >= 15 is 0 Å². The van der Waals surface area contributed by atoms with E-state index in [0.717, 1.165) is 3.57 Å². The van der Waals surface area contributed by atoms with Gasteiger partial charge in [-0.3, -0.25) is 23.6 Å². The zero-order valence-corrected chi connectivity index (χ0v) is 16.5. The van der Waals surface area contributed by atoms with Crippen LogP contribution in [0.3, 0.4) is 0 Å². The highest BCUT2D eigenvalue weighted by Crippen LogP contribution is 2.12. The Balaban J connectivity index is 1.50. The number of carbonyl (C=O) groups is 2. The lowest BCUT2D eigenvalue weighted by molar-refractivity contribution is -0.147. The Morgan fingerprint density at radius 2 is 2.15 bits per heavy atom. The molecule has 3 rings (SSSR count). The molecular formula is C17H16IN5O4. The first kappa shape index (κ1) is 19.0. The minimum absolute atomic E-state index is 0.0517. The molecule has 140 valence electrons. The number of anilines is 1. The van der Waals surface area contributed by atoms with E-state index in [1.54, 1.807) is 19.2 Å².